The molecular weight excluding hydrogens is 194 g/mol. The third-order valence-corrected chi connectivity index (χ3v) is 1.41. The smallest absolute Gasteiger partial charge is 0.258 e. The van der Waals surface area contributed by atoms with E-state index in [1.54, 1.807) is 0 Å². The van der Waals surface area contributed by atoms with Crippen molar-refractivity contribution in [3.63, 3.8) is 0 Å². The topological polar surface area (TPSA) is 116 Å². The van der Waals surface area contributed by atoms with Crippen molar-refractivity contribution in [2.75, 3.05) is 0 Å². The van der Waals surface area contributed by atoms with Crippen LogP contribution in [0.4, 0.5) is 17.1 Å². The van der Waals surface area contributed by atoms with E-state index < -0.39 is 21.2 Å². The van der Waals surface area contributed by atoms with Gasteiger partial charge in [0.1, 0.15) is 5.69 Å². The fraction of sp³-hybridized carbons (Fsp3) is 0. The Kier molecular flexibility index (Phi) is 2.47. The first kappa shape index (κ1) is 9.71. The summed E-state index contributed by atoms with van der Waals surface area (Å²) in [5.74, 6) is 0. The Balaban J connectivity index is 3.34. The van der Waals surface area contributed by atoms with Crippen molar-refractivity contribution in [2.45, 2.75) is 0 Å². The summed E-state index contributed by atoms with van der Waals surface area (Å²) in [7, 11) is 0. The predicted octanol–water partition coefficient (Wildman–Crippen LogP) is 1.90. The molecule has 0 aliphatic rings. The predicted molar refractivity (Wildman–Crippen MR) is 45.2 cm³/mol. The lowest BCUT2D eigenvalue weighted by atomic mass is 10.2. The van der Waals surface area contributed by atoms with Crippen LogP contribution in [0.15, 0.2) is 23.4 Å². The molecule has 1 aromatic carbocycles. The zero-order valence-electron chi connectivity index (χ0n) is 6.61. The number of nitroso groups, excluding NO2 is 1. The number of benzene rings is 1. The normalized spacial score (nSPS) is 9.43. The summed E-state index contributed by atoms with van der Waals surface area (Å²) in [6.45, 7) is 0. The molecule has 0 bridgehead atoms. The lowest BCUT2D eigenvalue weighted by Crippen LogP contribution is -1.91. The number of hydrogen-bond acceptors (Lipinski definition) is 6. The molecule has 0 saturated heterocycles. The van der Waals surface area contributed by atoms with E-state index in [9.17, 15) is 25.1 Å². The van der Waals surface area contributed by atoms with E-state index in [4.69, 9.17) is 0 Å². The van der Waals surface area contributed by atoms with Gasteiger partial charge < -0.3 is 0 Å². The van der Waals surface area contributed by atoms with Crippen LogP contribution in [0.25, 0.3) is 0 Å². The van der Waals surface area contributed by atoms with Crippen LogP contribution >= 0.6 is 0 Å². The highest BCUT2D eigenvalue weighted by Gasteiger charge is 2.16. The quantitative estimate of drug-likeness (QED) is 0.416. The van der Waals surface area contributed by atoms with E-state index in [0.29, 0.717) is 0 Å². The molecule has 0 fully saturated rings. The Labute approximate surface area is 76.4 Å². The first-order valence-electron chi connectivity index (χ1n) is 3.32. The minimum atomic E-state index is -0.832. The monoisotopic (exact) mass is 197 g/mol. The van der Waals surface area contributed by atoms with Gasteiger partial charge in [0.05, 0.1) is 15.9 Å². The molecular formula is C6H3N3O5. The highest BCUT2D eigenvalue weighted by molar-refractivity contribution is 5.55. The molecule has 0 heterocycles. The summed E-state index contributed by atoms with van der Waals surface area (Å²) in [4.78, 5) is 29.0. The van der Waals surface area contributed by atoms with E-state index in [2.05, 4.69) is 5.18 Å². The Hall–Kier alpha value is -2.38. The molecule has 0 amide bonds. The molecule has 0 atom stereocenters. The van der Waals surface area contributed by atoms with Crippen LogP contribution in [0.5, 0.6) is 0 Å². The van der Waals surface area contributed by atoms with E-state index in [1.807, 2.05) is 0 Å². The minimum absolute atomic E-state index is 0.342. The van der Waals surface area contributed by atoms with Gasteiger partial charge in [0.15, 0.2) is 0 Å². The van der Waals surface area contributed by atoms with Crippen LogP contribution in [0.3, 0.4) is 0 Å². The van der Waals surface area contributed by atoms with Crippen LogP contribution < -0.4 is 0 Å². The first-order chi connectivity index (χ1) is 6.54. The maximum atomic E-state index is 10.3. The van der Waals surface area contributed by atoms with Gasteiger partial charge in [-0.3, -0.25) is 20.2 Å². The number of nitro benzene ring substituents is 2. The molecule has 0 spiro atoms. The van der Waals surface area contributed by atoms with Gasteiger partial charge in [0.25, 0.3) is 11.4 Å². The third-order valence-electron chi connectivity index (χ3n) is 1.41. The molecule has 1 rings (SSSR count). The molecule has 0 saturated carbocycles. The molecule has 0 unspecified atom stereocenters. The highest BCUT2D eigenvalue weighted by Crippen LogP contribution is 2.27. The van der Waals surface area contributed by atoms with E-state index >= 15 is 0 Å². The molecule has 14 heavy (non-hydrogen) atoms. The number of nitro groups is 2. The largest absolute Gasteiger partial charge is 0.278 e. The lowest BCUT2D eigenvalue weighted by Gasteiger charge is -1.93. The van der Waals surface area contributed by atoms with Crippen LogP contribution in [-0.4, -0.2) is 9.85 Å². The first-order valence-corrected chi connectivity index (χ1v) is 3.32. The van der Waals surface area contributed by atoms with Crippen molar-refractivity contribution in [3.05, 3.63) is 43.3 Å². The van der Waals surface area contributed by atoms with Gasteiger partial charge in [0, 0.05) is 12.1 Å². The zero-order valence-corrected chi connectivity index (χ0v) is 6.61. The average Bonchev–Trinajstić information content (AvgIpc) is 2.16. The van der Waals surface area contributed by atoms with Gasteiger partial charge in [-0.05, 0) is 5.18 Å². The fourth-order valence-corrected chi connectivity index (χ4v) is 0.843. The summed E-state index contributed by atoms with van der Waals surface area (Å²) >= 11 is 0. The van der Waals surface area contributed by atoms with E-state index in [-0.39, 0.29) is 5.69 Å². The second-order valence-corrected chi connectivity index (χ2v) is 2.31. The molecule has 0 aromatic heterocycles. The zero-order chi connectivity index (χ0) is 10.7. The van der Waals surface area contributed by atoms with Crippen LogP contribution in [0.2, 0.25) is 0 Å². The Morgan fingerprint density at radius 1 is 1.00 bits per heavy atom. The van der Waals surface area contributed by atoms with Gasteiger partial charge >= 0.3 is 0 Å². The highest BCUT2D eigenvalue weighted by atomic mass is 16.6. The van der Waals surface area contributed by atoms with Gasteiger partial charge in [-0.15, -0.1) is 4.91 Å². The molecule has 72 valence electrons. The molecule has 8 heteroatoms. The average molecular weight is 197 g/mol. The van der Waals surface area contributed by atoms with Crippen molar-refractivity contribution in [1.82, 2.24) is 0 Å². The SMILES string of the molecule is O=Nc1cc([N+](=O)[O-])cc([N+](=O)[O-])c1. The maximum Gasteiger partial charge on any atom is 0.278 e. The van der Waals surface area contributed by atoms with Crippen molar-refractivity contribution in [2.24, 2.45) is 5.18 Å². The van der Waals surface area contributed by atoms with Crippen molar-refractivity contribution in [1.29, 1.82) is 0 Å². The molecule has 8 nitrogen and oxygen atoms in total. The van der Waals surface area contributed by atoms with Gasteiger partial charge in [0.2, 0.25) is 0 Å². The molecule has 0 aliphatic heterocycles. The Bertz CT molecular complexity index is 384. The number of hydrogen-bond donors (Lipinski definition) is 0. The second-order valence-electron chi connectivity index (χ2n) is 2.31. The summed E-state index contributed by atoms with van der Waals surface area (Å²) in [6.07, 6.45) is 0. The summed E-state index contributed by atoms with van der Waals surface area (Å²) in [5, 5.41) is 23.0. The molecule has 0 N–H and O–H groups in total. The van der Waals surface area contributed by atoms with Gasteiger partial charge in [-0.2, -0.15) is 0 Å². The fourth-order valence-electron chi connectivity index (χ4n) is 0.843. The maximum absolute atomic E-state index is 10.3. The molecule has 1 aromatic rings. The van der Waals surface area contributed by atoms with Gasteiger partial charge in [-0.1, -0.05) is 0 Å². The van der Waals surface area contributed by atoms with Crippen LogP contribution in [0.1, 0.15) is 0 Å². The Morgan fingerprint density at radius 2 is 1.43 bits per heavy atom. The number of nitrogens with zero attached hydrogens (tertiary/aromatic N) is 3. The van der Waals surface area contributed by atoms with Crippen molar-refractivity contribution in [3.8, 4) is 0 Å². The van der Waals surface area contributed by atoms with Crippen molar-refractivity contribution >= 4 is 17.1 Å². The standard InChI is InChI=1S/C6H3N3O5/c10-7-4-1-5(8(11)12)3-6(2-4)9(13)14/h1-3H. The third kappa shape index (κ3) is 1.86. The van der Waals surface area contributed by atoms with Crippen molar-refractivity contribution < 1.29 is 9.85 Å². The Morgan fingerprint density at radius 3 is 1.71 bits per heavy atom. The van der Waals surface area contributed by atoms with E-state index in [0.717, 1.165) is 18.2 Å². The molecule has 0 aliphatic carbocycles. The second kappa shape index (κ2) is 3.56. The van der Waals surface area contributed by atoms with E-state index in [1.165, 1.54) is 0 Å². The summed E-state index contributed by atoms with van der Waals surface area (Å²) in [6, 6.07) is 2.48. The van der Waals surface area contributed by atoms with Crippen LogP contribution in [-0.2, 0) is 0 Å². The van der Waals surface area contributed by atoms with Crippen LogP contribution in [0, 0.1) is 25.1 Å². The lowest BCUT2D eigenvalue weighted by molar-refractivity contribution is -0.394. The number of rotatable bonds is 3. The number of non-ortho nitro benzene ring substituents is 2. The molecule has 0 radical (unpaired) electrons. The van der Waals surface area contributed by atoms with Gasteiger partial charge in [-0.25, -0.2) is 0 Å². The minimum Gasteiger partial charge on any atom is -0.258 e. The summed E-state index contributed by atoms with van der Waals surface area (Å²) in [5.41, 5.74) is -1.41. The summed E-state index contributed by atoms with van der Waals surface area (Å²) < 4.78 is 0.